The van der Waals surface area contributed by atoms with Crippen molar-refractivity contribution in [1.29, 1.82) is 0 Å². The molecule has 0 amide bonds. The minimum absolute atomic E-state index is 0.169. The maximum absolute atomic E-state index is 13.4. The fourth-order valence-electron chi connectivity index (χ4n) is 4.11. The van der Waals surface area contributed by atoms with Gasteiger partial charge >= 0.3 is 5.88 Å². The molecule has 0 aliphatic rings. The molecule has 2 heterocycles. The molecule has 0 aliphatic carbocycles. The standard InChI is InChI=1S/C27H31N3O5/c1-17(2)11-23-26(35-16-18-9-7-6-8-10-18)29-22(27(34-5)30(23)31)12-19-15-28-21-14-25(33-4)24(32-3)13-20(19)21/h6-10,13-15,17,28H,11-12,16H2,1-5H3. The van der Waals surface area contributed by atoms with Crippen molar-refractivity contribution in [3.05, 3.63) is 76.4 Å². The minimum Gasteiger partial charge on any atom is -0.616 e. The number of H-pyrrole nitrogens is 1. The molecule has 0 atom stereocenters. The number of rotatable bonds is 10. The molecular formula is C27H31N3O5. The van der Waals surface area contributed by atoms with Gasteiger partial charge in [0, 0.05) is 36.0 Å². The van der Waals surface area contributed by atoms with E-state index in [1.807, 2.05) is 48.7 Å². The topological polar surface area (TPSA) is 92.5 Å². The van der Waals surface area contributed by atoms with E-state index in [4.69, 9.17) is 23.9 Å². The summed E-state index contributed by atoms with van der Waals surface area (Å²) in [4.78, 5) is 8.06. The van der Waals surface area contributed by atoms with Crippen molar-refractivity contribution < 1.29 is 23.7 Å². The molecule has 35 heavy (non-hydrogen) atoms. The van der Waals surface area contributed by atoms with Gasteiger partial charge in [0.05, 0.1) is 21.3 Å². The van der Waals surface area contributed by atoms with Crippen LogP contribution < -0.4 is 23.7 Å². The van der Waals surface area contributed by atoms with Crippen molar-refractivity contribution in [1.82, 2.24) is 9.97 Å². The molecule has 0 saturated carbocycles. The molecule has 2 aromatic heterocycles. The molecule has 0 unspecified atom stereocenters. The molecular weight excluding hydrogens is 446 g/mol. The number of methoxy groups -OCH3 is 3. The lowest BCUT2D eigenvalue weighted by atomic mass is 10.1. The Morgan fingerprint density at radius 2 is 1.71 bits per heavy atom. The van der Waals surface area contributed by atoms with Crippen LogP contribution in [-0.4, -0.2) is 31.3 Å². The van der Waals surface area contributed by atoms with E-state index in [0.29, 0.717) is 48.2 Å². The largest absolute Gasteiger partial charge is 0.616 e. The van der Waals surface area contributed by atoms with Gasteiger partial charge in [-0.3, -0.25) is 0 Å². The summed E-state index contributed by atoms with van der Waals surface area (Å²) in [6.07, 6.45) is 2.78. The highest BCUT2D eigenvalue weighted by molar-refractivity contribution is 5.87. The lowest BCUT2D eigenvalue weighted by Gasteiger charge is -2.16. The zero-order valence-electron chi connectivity index (χ0n) is 20.8. The second kappa shape index (κ2) is 10.5. The second-order valence-corrected chi connectivity index (χ2v) is 8.73. The average Bonchev–Trinajstić information content (AvgIpc) is 3.25. The fourth-order valence-corrected chi connectivity index (χ4v) is 4.11. The van der Waals surface area contributed by atoms with E-state index in [9.17, 15) is 5.21 Å². The van der Waals surface area contributed by atoms with Crippen LogP contribution in [0.4, 0.5) is 0 Å². The SMILES string of the molecule is COc1cc2[nH]cc(Cc3nc(OCc4ccccc4)c(CC(C)C)[n+]([O-])c3OC)c2cc1OC. The Morgan fingerprint density at radius 1 is 1.00 bits per heavy atom. The Morgan fingerprint density at radius 3 is 2.37 bits per heavy atom. The fraction of sp³-hybridized carbons (Fsp3) is 0.333. The van der Waals surface area contributed by atoms with Crippen LogP contribution in [0, 0.1) is 11.1 Å². The van der Waals surface area contributed by atoms with E-state index in [1.165, 1.54) is 7.11 Å². The second-order valence-electron chi connectivity index (χ2n) is 8.73. The Labute approximate surface area is 205 Å². The van der Waals surface area contributed by atoms with Gasteiger partial charge in [-0.1, -0.05) is 44.2 Å². The quantitative estimate of drug-likeness (QED) is 0.265. The first-order chi connectivity index (χ1) is 16.9. The van der Waals surface area contributed by atoms with Crippen molar-refractivity contribution in [2.45, 2.75) is 33.3 Å². The zero-order chi connectivity index (χ0) is 24.9. The van der Waals surface area contributed by atoms with Gasteiger partial charge in [-0.05, 0) is 23.1 Å². The van der Waals surface area contributed by atoms with Gasteiger partial charge in [-0.2, -0.15) is 0 Å². The predicted octanol–water partition coefficient (Wildman–Crippen LogP) is 4.59. The molecule has 0 fully saturated rings. The van der Waals surface area contributed by atoms with Crippen molar-refractivity contribution in [3.63, 3.8) is 0 Å². The van der Waals surface area contributed by atoms with E-state index in [-0.39, 0.29) is 11.8 Å². The molecule has 8 nitrogen and oxygen atoms in total. The van der Waals surface area contributed by atoms with Crippen molar-refractivity contribution in [2.24, 2.45) is 5.92 Å². The number of fused-ring (bicyclic) bond motifs is 1. The Bertz CT molecular complexity index is 1300. The molecule has 1 N–H and O–H groups in total. The predicted molar refractivity (Wildman–Crippen MR) is 133 cm³/mol. The van der Waals surface area contributed by atoms with Crippen LogP contribution in [0.25, 0.3) is 10.9 Å². The molecule has 2 aromatic carbocycles. The van der Waals surface area contributed by atoms with E-state index in [1.54, 1.807) is 14.2 Å². The number of hydrogen-bond donors (Lipinski definition) is 1. The molecule has 8 heteroatoms. The number of hydrogen-bond acceptors (Lipinski definition) is 6. The molecule has 0 aliphatic heterocycles. The van der Waals surface area contributed by atoms with E-state index in [2.05, 4.69) is 18.8 Å². The van der Waals surface area contributed by atoms with Crippen LogP contribution >= 0.6 is 0 Å². The number of nitrogens with zero attached hydrogens (tertiary/aromatic N) is 2. The van der Waals surface area contributed by atoms with Gasteiger partial charge in [0.15, 0.2) is 17.2 Å². The number of nitrogens with one attached hydrogen (secondary N) is 1. The molecule has 184 valence electrons. The van der Waals surface area contributed by atoms with Gasteiger partial charge in [-0.25, -0.2) is 4.98 Å². The van der Waals surface area contributed by atoms with Crippen molar-refractivity contribution in [3.8, 4) is 23.3 Å². The maximum Gasteiger partial charge on any atom is 0.402 e. The van der Waals surface area contributed by atoms with Crippen LogP contribution in [0.2, 0.25) is 0 Å². The highest BCUT2D eigenvalue weighted by Gasteiger charge is 2.28. The summed E-state index contributed by atoms with van der Waals surface area (Å²) in [7, 11) is 4.69. The molecule has 0 spiro atoms. The minimum atomic E-state index is 0.169. The van der Waals surface area contributed by atoms with E-state index < -0.39 is 0 Å². The van der Waals surface area contributed by atoms with E-state index >= 15 is 0 Å². The summed E-state index contributed by atoms with van der Waals surface area (Å²) < 4.78 is 23.3. The first-order valence-electron chi connectivity index (χ1n) is 11.5. The maximum atomic E-state index is 13.4. The number of aromatic nitrogens is 3. The van der Waals surface area contributed by atoms with Crippen LogP contribution in [0.1, 0.15) is 36.4 Å². The zero-order valence-corrected chi connectivity index (χ0v) is 20.8. The summed E-state index contributed by atoms with van der Waals surface area (Å²) in [6.45, 7) is 4.42. The first kappa shape index (κ1) is 24.2. The number of aromatic amines is 1. The van der Waals surface area contributed by atoms with Gasteiger partial charge < -0.3 is 29.1 Å². The lowest BCUT2D eigenvalue weighted by molar-refractivity contribution is -0.622. The highest BCUT2D eigenvalue weighted by atomic mass is 16.5. The normalized spacial score (nSPS) is 11.1. The number of benzene rings is 2. The van der Waals surface area contributed by atoms with Gasteiger partial charge in [-0.15, -0.1) is 4.73 Å². The third-order valence-electron chi connectivity index (χ3n) is 5.80. The van der Waals surface area contributed by atoms with Crippen LogP contribution in [0.5, 0.6) is 23.3 Å². The summed E-state index contributed by atoms with van der Waals surface area (Å²) in [6, 6.07) is 13.6. The summed E-state index contributed by atoms with van der Waals surface area (Å²) in [5.41, 5.74) is 3.79. The summed E-state index contributed by atoms with van der Waals surface area (Å²) >= 11 is 0. The van der Waals surface area contributed by atoms with E-state index in [0.717, 1.165) is 26.8 Å². The smallest absolute Gasteiger partial charge is 0.402 e. The highest BCUT2D eigenvalue weighted by Crippen LogP contribution is 2.34. The third-order valence-corrected chi connectivity index (χ3v) is 5.80. The van der Waals surface area contributed by atoms with Crippen LogP contribution in [-0.2, 0) is 19.4 Å². The van der Waals surface area contributed by atoms with Gasteiger partial charge in [0.25, 0.3) is 11.6 Å². The molecule has 4 rings (SSSR count). The average molecular weight is 478 g/mol. The molecule has 4 aromatic rings. The lowest BCUT2D eigenvalue weighted by Crippen LogP contribution is -2.37. The van der Waals surface area contributed by atoms with Gasteiger partial charge in [0.1, 0.15) is 6.61 Å². The van der Waals surface area contributed by atoms with Crippen LogP contribution in [0.15, 0.2) is 48.7 Å². The number of ether oxygens (including phenoxy) is 4. The van der Waals surface area contributed by atoms with Crippen LogP contribution in [0.3, 0.4) is 0 Å². The van der Waals surface area contributed by atoms with Crippen molar-refractivity contribution in [2.75, 3.05) is 21.3 Å². The van der Waals surface area contributed by atoms with Crippen molar-refractivity contribution >= 4 is 10.9 Å². The Hall–Kier alpha value is -3.94. The Kier molecular flexibility index (Phi) is 7.29. The molecule has 0 radical (unpaired) electrons. The third kappa shape index (κ3) is 5.11. The van der Waals surface area contributed by atoms with Gasteiger partial charge in [0.2, 0.25) is 0 Å². The molecule has 0 saturated heterocycles. The summed E-state index contributed by atoms with van der Waals surface area (Å²) in [5, 5.41) is 14.3. The Balaban J connectivity index is 1.75. The molecule has 0 bridgehead atoms. The first-order valence-corrected chi connectivity index (χ1v) is 11.5. The summed E-state index contributed by atoms with van der Waals surface area (Å²) in [5.74, 6) is 1.99. The monoisotopic (exact) mass is 477 g/mol.